The van der Waals surface area contributed by atoms with Gasteiger partial charge in [-0.1, -0.05) is 17.7 Å². The normalized spacial score (nSPS) is 11.1. The van der Waals surface area contributed by atoms with Crippen molar-refractivity contribution in [2.45, 2.75) is 4.90 Å². The van der Waals surface area contributed by atoms with Crippen molar-refractivity contribution < 1.29 is 18.3 Å². The third-order valence-corrected chi connectivity index (χ3v) is 4.15. The maximum absolute atomic E-state index is 12.1. The van der Waals surface area contributed by atoms with Crippen LogP contribution in [0, 0.1) is 0 Å². The van der Waals surface area contributed by atoms with Gasteiger partial charge in [-0.15, -0.1) is 0 Å². The summed E-state index contributed by atoms with van der Waals surface area (Å²) in [4.78, 5) is 12.2. The van der Waals surface area contributed by atoms with Crippen LogP contribution in [-0.4, -0.2) is 25.7 Å². The average molecular weight is 326 g/mol. The monoisotopic (exact) mass is 325 g/mol. The van der Waals surface area contributed by atoms with Crippen LogP contribution >= 0.6 is 11.6 Å². The number of nitrogens with one attached hydrogen (secondary N) is 1. The number of carbonyl (C=O) groups excluding carboxylic acids is 1. The molecule has 0 unspecified atom stereocenters. The van der Waals surface area contributed by atoms with Gasteiger partial charge in [-0.3, -0.25) is 4.79 Å². The number of hydrogen-bond donors (Lipinski definition) is 2. The lowest BCUT2D eigenvalue weighted by molar-refractivity contribution is 0.102. The number of phenolic OH excluding ortho intramolecular Hbond substituents is 1. The molecule has 0 aromatic heterocycles. The quantitative estimate of drug-likeness (QED) is 0.850. The lowest BCUT2D eigenvalue weighted by Crippen LogP contribution is -2.13. The largest absolute Gasteiger partial charge is 0.508 e. The third-order valence-electron chi connectivity index (χ3n) is 2.73. The van der Waals surface area contributed by atoms with Gasteiger partial charge in [0.25, 0.3) is 5.91 Å². The highest BCUT2D eigenvalue weighted by Gasteiger charge is 2.13. The molecule has 0 aliphatic rings. The predicted molar refractivity (Wildman–Crippen MR) is 80.6 cm³/mol. The first-order valence-corrected chi connectivity index (χ1v) is 8.14. The molecule has 7 heteroatoms. The van der Waals surface area contributed by atoms with E-state index in [1.807, 2.05) is 0 Å². The number of carbonyl (C=O) groups is 1. The van der Waals surface area contributed by atoms with E-state index in [9.17, 15) is 18.3 Å². The topological polar surface area (TPSA) is 83.5 Å². The van der Waals surface area contributed by atoms with Crippen molar-refractivity contribution in [3.8, 4) is 5.75 Å². The second kappa shape index (κ2) is 5.75. The molecule has 1 amide bonds. The van der Waals surface area contributed by atoms with Gasteiger partial charge in [0, 0.05) is 17.9 Å². The van der Waals surface area contributed by atoms with Gasteiger partial charge in [0.1, 0.15) is 5.75 Å². The molecule has 0 saturated carbocycles. The molecular weight excluding hydrogens is 314 g/mol. The smallest absolute Gasteiger partial charge is 0.255 e. The molecule has 0 heterocycles. The summed E-state index contributed by atoms with van der Waals surface area (Å²) in [6.07, 6.45) is 1.07. The molecule has 0 aliphatic heterocycles. The van der Waals surface area contributed by atoms with Crippen molar-refractivity contribution in [2.24, 2.45) is 0 Å². The molecule has 5 nitrogen and oxygen atoms in total. The highest BCUT2D eigenvalue weighted by molar-refractivity contribution is 7.90. The molecule has 0 saturated heterocycles. The Morgan fingerprint density at radius 3 is 2.52 bits per heavy atom. The molecule has 2 rings (SSSR count). The van der Waals surface area contributed by atoms with Crippen LogP contribution in [0.3, 0.4) is 0 Å². The molecule has 110 valence electrons. The Morgan fingerprint density at radius 2 is 1.90 bits per heavy atom. The zero-order valence-electron chi connectivity index (χ0n) is 11.0. The van der Waals surface area contributed by atoms with Crippen LogP contribution in [0.1, 0.15) is 10.4 Å². The molecule has 0 aliphatic carbocycles. The number of amides is 1. The average Bonchev–Trinajstić information content (AvgIpc) is 2.41. The van der Waals surface area contributed by atoms with E-state index < -0.39 is 15.7 Å². The third kappa shape index (κ3) is 3.74. The predicted octanol–water partition coefficient (Wildman–Crippen LogP) is 2.70. The van der Waals surface area contributed by atoms with Crippen molar-refractivity contribution in [1.29, 1.82) is 0 Å². The van der Waals surface area contributed by atoms with Crippen LogP contribution < -0.4 is 5.32 Å². The van der Waals surface area contributed by atoms with E-state index in [0.717, 1.165) is 6.26 Å². The molecule has 0 fully saturated rings. The lowest BCUT2D eigenvalue weighted by Gasteiger charge is -2.08. The van der Waals surface area contributed by atoms with Gasteiger partial charge in [-0.2, -0.15) is 0 Å². The van der Waals surface area contributed by atoms with Crippen LogP contribution in [0.5, 0.6) is 5.75 Å². The molecule has 21 heavy (non-hydrogen) atoms. The number of benzene rings is 2. The maximum Gasteiger partial charge on any atom is 0.255 e. The van der Waals surface area contributed by atoms with Gasteiger partial charge in [-0.05, 0) is 30.3 Å². The fourth-order valence-electron chi connectivity index (χ4n) is 1.67. The first kappa shape index (κ1) is 15.3. The summed E-state index contributed by atoms with van der Waals surface area (Å²) in [6, 6.07) is 9.83. The number of anilines is 1. The number of phenols is 1. The van der Waals surface area contributed by atoms with E-state index in [1.165, 1.54) is 42.5 Å². The molecule has 2 N–H and O–H groups in total. The lowest BCUT2D eigenvalue weighted by atomic mass is 10.2. The Bertz CT molecular complexity index is 802. The molecule has 0 bridgehead atoms. The van der Waals surface area contributed by atoms with Crippen molar-refractivity contribution in [1.82, 2.24) is 0 Å². The van der Waals surface area contributed by atoms with E-state index in [2.05, 4.69) is 5.32 Å². The van der Waals surface area contributed by atoms with E-state index in [0.29, 0.717) is 5.69 Å². The van der Waals surface area contributed by atoms with E-state index >= 15 is 0 Å². The van der Waals surface area contributed by atoms with Gasteiger partial charge in [0.15, 0.2) is 9.84 Å². The van der Waals surface area contributed by atoms with Gasteiger partial charge < -0.3 is 10.4 Å². The minimum atomic E-state index is -3.38. The van der Waals surface area contributed by atoms with Crippen LogP contribution in [0.2, 0.25) is 5.02 Å². The van der Waals surface area contributed by atoms with E-state index in [4.69, 9.17) is 11.6 Å². The SMILES string of the molecule is CS(=O)(=O)c1cccc(C(=O)Nc2ccc(O)cc2Cl)c1. The molecule has 0 radical (unpaired) electrons. The Morgan fingerprint density at radius 1 is 1.19 bits per heavy atom. The summed E-state index contributed by atoms with van der Waals surface area (Å²) >= 11 is 5.89. The standard InChI is InChI=1S/C14H12ClNO4S/c1-21(19,20)11-4-2-3-9(7-11)14(18)16-13-6-5-10(17)8-12(13)15/h2-8,17H,1H3,(H,16,18). The summed E-state index contributed by atoms with van der Waals surface area (Å²) in [6.45, 7) is 0. The maximum atomic E-state index is 12.1. The summed E-state index contributed by atoms with van der Waals surface area (Å²) in [7, 11) is -3.38. The van der Waals surface area contributed by atoms with Gasteiger partial charge in [0.2, 0.25) is 0 Å². The first-order chi connectivity index (χ1) is 9.77. The highest BCUT2D eigenvalue weighted by atomic mass is 35.5. The van der Waals surface area contributed by atoms with Crippen molar-refractivity contribution in [2.75, 3.05) is 11.6 Å². The van der Waals surface area contributed by atoms with Crippen LogP contribution in [0.25, 0.3) is 0 Å². The second-order valence-electron chi connectivity index (χ2n) is 4.42. The zero-order valence-corrected chi connectivity index (χ0v) is 12.6. The van der Waals surface area contributed by atoms with Crippen molar-refractivity contribution >= 4 is 33.0 Å². The van der Waals surface area contributed by atoms with Crippen molar-refractivity contribution in [3.05, 3.63) is 53.1 Å². The van der Waals surface area contributed by atoms with E-state index in [1.54, 1.807) is 0 Å². The van der Waals surface area contributed by atoms with Crippen LogP contribution in [0.4, 0.5) is 5.69 Å². The van der Waals surface area contributed by atoms with Gasteiger partial charge in [-0.25, -0.2) is 8.42 Å². The Kier molecular flexibility index (Phi) is 4.20. The molecule has 2 aromatic rings. The number of aromatic hydroxyl groups is 1. The second-order valence-corrected chi connectivity index (χ2v) is 6.84. The molecule has 2 aromatic carbocycles. The number of hydrogen-bond acceptors (Lipinski definition) is 4. The first-order valence-electron chi connectivity index (χ1n) is 5.87. The van der Waals surface area contributed by atoms with Crippen LogP contribution in [0.15, 0.2) is 47.4 Å². The summed E-state index contributed by atoms with van der Waals surface area (Å²) < 4.78 is 23.0. The summed E-state index contributed by atoms with van der Waals surface area (Å²) in [5, 5.41) is 12.0. The van der Waals surface area contributed by atoms with Crippen molar-refractivity contribution in [3.63, 3.8) is 0 Å². The van der Waals surface area contributed by atoms with E-state index in [-0.39, 0.29) is 21.2 Å². The number of sulfone groups is 1. The highest BCUT2D eigenvalue weighted by Crippen LogP contribution is 2.26. The Balaban J connectivity index is 2.29. The fourth-order valence-corrected chi connectivity index (χ4v) is 2.56. The van der Waals surface area contributed by atoms with Crippen LogP contribution in [-0.2, 0) is 9.84 Å². The number of halogens is 1. The summed E-state index contributed by atoms with van der Waals surface area (Å²) in [5.41, 5.74) is 0.520. The molecule has 0 atom stereocenters. The van der Waals surface area contributed by atoms with Gasteiger partial charge >= 0.3 is 0 Å². The summed E-state index contributed by atoms with van der Waals surface area (Å²) in [5.74, 6) is -0.509. The van der Waals surface area contributed by atoms with Gasteiger partial charge in [0.05, 0.1) is 15.6 Å². The fraction of sp³-hybridized carbons (Fsp3) is 0.0714. The number of rotatable bonds is 3. The Hall–Kier alpha value is -2.05. The Labute approximate surface area is 127 Å². The zero-order chi connectivity index (χ0) is 15.6. The molecular formula is C14H12ClNO4S. The molecule has 0 spiro atoms. The minimum Gasteiger partial charge on any atom is -0.508 e. The minimum absolute atomic E-state index is 0.0166.